The summed E-state index contributed by atoms with van der Waals surface area (Å²) in [6.07, 6.45) is 5.26. The number of hydrogen-bond donors (Lipinski definition) is 3. The fourth-order valence-corrected chi connectivity index (χ4v) is 4.39. The van der Waals surface area contributed by atoms with Gasteiger partial charge in [-0.3, -0.25) is 0 Å². The molecule has 4 N–H and O–H groups in total. The molecule has 0 aromatic carbocycles. The summed E-state index contributed by atoms with van der Waals surface area (Å²) < 4.78 is 4.76. The van der Waals surface area contributed by atoms with Crippen molar-refractivity contribution in [2.75, 3.05) is 24.4 Å². The summed E-state index contributed by atoms with van der Waals surface area (Å²) in [6, 6.07) is 0.327. The molecule has 0 spiro atoms. The van der Waals surface area contributed by atoms with Crippen molar-refractivity contribution >= 4 is 39.8 Å². The second kappa shape index (κ2) is 6.69. The maximum atomic E-state index is 11.7. The number of carbonyl (C=O) groups is 1. The first-order chi connectivity index (χ1) is 9.56. The molecule has 1 aromatic heterocycles. The number of hydrogen-bond acceptors (Lipinski definition) is 7. The van der Waals surface area contributed by atoms with Crippen molar-refractivity contribution in [3.8, 4) is 0 Å². The molecule has 1 aliphatic rings. The van der Waals surface area contributed by atoms with Crippen LogP contribution in [0.5, 0.6) is 0 Å². The van der Waals surface area contributed by atoms with E-state index in [1.807, 2.05) is 6.26 Å². The Morgan fingerprint density at radius 3 is 2.65 bits per heavy atom. The van der Waals surface area contributed by atoms with Gasteiger partial charge in [0.15, 0.2) is 0 Å². The van der Waals surface area contributed by atoms with Crippen molar-refractivity contribution < 1.29 is 14.6 Å². The molecule has 112 valence electrons. The standard InChI is InChI=1S/C13H20N2O3S2/c1-18-13(17)11-9(14)10(19-2)12(20-11)15-7-3-5-8(16)6-4-7/h7-8,15-16H,3-6,14H2,1-2H3. The molecule has 0 radical (unpaired) electrons. The number of thiophene rings is 1. The number of anilines is 2. The molecular formula is C13H20N2O3S2. The van der Waals surface area contributed by atoms with Gasteiger partial charge in [-0.05, 0) is 31.9 Å². The monoisotopic (exact) mass is 316 g/mol. The van der Waals surface area contributed by atoms with Gasteiger partial charge in [-0.25, -0.2) is 4.79 Å². The molecular weight excluding hydrogens is 296 g/mol. The van der Waals surface area contributed by atoms with Crippen LogP contribution in [-0.2, 0) is 4.74 Å². The molecule has 0 atom stereocenters. The molecule has 1 heterocycles. The van der Waals surface area contributed by atoms with E-state index in [4.69, 9.17) is 10.5 Å². The number of nitrogens with one attached hydrogen (secondary N) is 1. The summed E-state index contributed by atoms with van der Waals surface area (Å²) in [4.78, 5) is 13.0. The van der Waals surface area contributed by atoms with Gasteiger partial charge in [0.2, 0.25) is 0 Å². The third-order valence-electron chi connectivity index (χ3n) is 3.51. The molecule has 7 heteroatoms. The van der Waals surface area contributed by atoms with Crippen molar-refractivity contribution in [2.24, 2.45) is 0 Å². The van der Waals surface area contributed by atoms with Gasteiger partial charge in [0.05, 0.1) is 23.8 Å². The van der Waals surface area contributed by atoms with Gasteiger partial charge in [-0.2, -0.15) is 0 Å². The highest BCUT2D eigenvalue weighted by Gasteiger charge is 2.25. The van der Waals surface area contributed by atoms with Crippen LogP contribution in [0.3, 0.4) is 0 Å². The Morgan fingerprint density at radius 1 is 1.45 bits per heavy atom. The van der Waals surface area contributed by atoms with Crippen LogP contribution in [0.4, 0.5) is 10.7 Å². The topological polar surface area (TPSA) is 84.6 Å². The van der Waals surface area contributed by atoms with E-state index in [1.54, 1.807) is 0 Å². The molecule has 0 amide bonds. The summed E-state index contributed by atoms with van der Waals surface area (Å²) in [7, 11) is 1.36. The predicted molar refractivity (Wildman–Crippen MR) is 83.7 cm³/mol. The molecule has 1 saturated carbocycles. The lowest BCUT2D eigenvalue weighted by molar-refractivity contribution is 0.0607. The fraction of sp³-hybridized carbons (Fsp3) is 0.615. The molecule has 0 bridgehead atoms. The largest absolute Gasteiger partial charge is 0.465 e. The Hall–Kier alpha value is -0.920. The number of rotatable bonds is 4. The maximum Gasteiger partial charge on any atom is 0.350 e. The first-order valence-corrected chi connectivity index (χ1v) is 8.60. The van der Waals surface area contributed by atoms with Gasteiger partial charge >= 0.3 is 5.97 Å². The van der Waals surface area contributed by atoms with E-state index in [0.717, 1.165) is 35.6 Å². The zero-order valence-electron chi connectivity index (χ0n) is 11.6. The quantitative estimate of drug-likeness (QED) is 0.585. The lowest BCUT2D eigenvalue weighted by Gasteiger charge is -2.26. The van der Waals surface area contributed by atoms with E-state index >= 15 is 0 Å². The van der Waals surface area contributed by atoms with Gasteiger partial charge in [0.1, 0.15) is 9.88 Å². The smallest absolute Gasteiger partial charge is 0.350 e. The predicted octanol–water partition coefficient (Wildman–Crippen LogP) is 2.55. The van der Waals surface area contributed by atoms with Gasteiger partial charge < -0.3 is 20.9 Å². The van der Waals surface area contributed by atoms with Gasteiger partial charge in [0.25, 0.3) is 0 Å². The highest BCUT2D eigenvalue weighted by atomic mass is 32.2. The molecule has 20 heavy (non-hydrogen) atoms. The summed E-state index contributed by atoms with van der Waals surface area (Å²) >= 11 is 2.87. The molecule has 1 aliphatic carbocycles. The van der Waals surface area contributed by atoms with Crippen LogP contribution in [0.25, 0.3) is 0 Å². The van der Waals surface area contributed by atoms with Gasteiger partial charge in [0, 0.05) is 6.04 Å². The number of carbonyl (C=O) groups excluding carboxylic acids is 1. The Labute approximate surface area is 126 Å². The van der Waals surface area contributed by atoms with Crippen molar-refractivity contribution in [3.63, 3.8) is 0 Å². The van der Waals surface area contributed by atoms with Crippen molar-refractivity contribution in [1.82, 2.24) is 0 Å². The number of ether oxygens (including phenoxy) is 1. The van der Waals surface area contributed by atoms with Crippen LogP contribution < -0.4 is 11.1 Å². The van der Waals surface area contributed by atoms with Crippen LogP contribution in [0.2, 0.25) is 0 Å². The minimum atomic E-state index is -0.394. The number of aliphatic hydroxyl groups is 1. The number of esters is 1. The first-order valence-electron chi connectivity index (χ1n) is 6.56. The summed E-state index contributed by atoms with van der Waals surface area (Å²) in [5.74, 6) is -0.394. The van der Waals surface area contributed by atoms with Crippen LogP contribution in [0.15, 0.2) is 4.90 Å². The van der Waals surface area contributed by atoms with Crippen molar-refractivity contribution in [2.45, 2.75) is 42.7 Å². The Morgan fingerprint density at radius 2 is 2.10 bits per heavy atom. The summed E-state index contributed by atoms with van der Waals surface area (Å²) in [6.45, 7) is 0. The molecule has 2 rings (SSSR count). The zero-order valence-corrected chi connectivity index (χ0v) is 13.3. The van der Waals surface area contributed by atoms with E-state index < -0.39 is 5.97 Å². The Bertz CT molecular complexity index is 482. The molecule has 0 aliphatic heterocycles. The zero-order chi connectivity index (χ0) is 14.7. The second-order valence-corrected chi connectivity index (χ2v) is 6.69. The van der Waals surface area contributed by atoms with E-state index in [2.05, 4.69) is 5.32 Å². The minimum absolute atomic E-state index is 0.174. The third-order valence-corrected chi connectivity index (χ3v) is 5.58. The van der Waals surface area contributed by atoms with Crippen LogP contribution >= 0.6 is 23.1 Å². The first kappa shape index (κ1) is 15.5. The second-order valence-electron chi connectivity index (χ2n) is 4.85. The number of methoxy groups -OCH3 is 1. The van der Waals surface area contributed by atoms with Crippen LogP contribution in [0, 0.1) is 0 Å². The van der Waals surface area contributed by atoms with E-state index in [0.29, 0.717) is 16.6 Å². The number of thioether (sulfide) groups is 1. The lowest BCUT2D eigenvalue weighted by Crippen LogP contribution is -2.28. The number of nitrogen functional groups attached to an aromatic ring is 1. The Balaban J connectivity index is 2.16. The van der Waals surface area contributed by atoms with Crippen LogP contribution in [0.1, 0.15) is 35.4 Å². The van der Waals surface area contributed by atoms with E-state index in [9.17, 15) is 9.90 Å². The average Bonchev–Trinajstić information content (AvgIpc) is 2.76. The molecule has 1 fully saturated rings. The average molecular weight is 316 g/mol. The molecule has 5 nitrogen and oxygen atoms in total. The van der Waals surface area contributed by atoms with E-state index in [1.165, 1.54) is 30.2 Å². The van der Waals surface area contributed by atoms with Crippen molar-refractivity contribution in [1.29, 1.82) is 0 Å². The number of aliphatic hydroxyl groups excluding tert-OH is 1. The Kier molecular flexibility index (Phi) is 5.17. The van der Waals surface area contributed by atoms with Crippen LogP contribution in [-0.4, -0.2) is 36.6 Å². The summed E-state index contributed by atoms with van der Waals surface area (Å²) in [5.41, 5.74) is 6.52. The SMILES string of the molecule is COC(=O)c1sc(NC2CCC(O)CC2)c(SC)c1N. The maximum absolute atomic E-state index is 11.7. The molecule has 1 aromatic rings. The lowest BCUT2D eigenvalue weighted by atomic mass is 9.93. The molecule has 0 unspecified atom stereocenters. The van der Waals surface area contributed by atoms with Gasteiger partial charge in [-0.1, -0.05) is 0 Å². The highest BCUT2D eigenvalue weighted by Crippen LogP contribution is 2.42. The minimum Gasteiger partial charge on any atom is -0.465 e. The van der Waals surface area contributed by atoms with Crippen molar-refractivity contribution in [3.05, 3.63) is 4.88 Å². The van der Waals surface area contributed by atoms with Gasteiger partial charge in [-0.15, -0.1) is 23.1 Å². The van der Waals surface area contributed by atoms with E-state index in [-0.39, 0.29) is 6.10 Å². The summed E-state index contributed by atoms with van der Waals surface area (Å²) in [5, 5.41) is 13.9. The fourth-order valence-electron chi connectivity index (χ4n) is 2.38. The highest BCUT2D eigenvalue weighted by molar-refractivity contribution is 7.99. The number of nitrogens with two attached hydrogens (primary N) is 1. The molecule has 0 saturated heterocycles. The third kappa shape index (κ3) is 3.21. The normalized spacial score (nSPS) is 22.6.